The average Bonchev–Trinajstić information content (AvgIpc) is 3.02. The van der Waals surface area contributed by atoms with Crippen molar-refractivity contribution >= 4 is 28.2 Å². The van der Waals surface area contributed by atoms with Crippen LogP contribution >= 0.6 is 11.3 Å². The third-order valence-corrected chi connectivity index (χ3v) is 7.32. The maximum absolute atomic E-state index is 13.3. The lowest BCUT2D eigenvalue weighted by atomic mass is 9.88. The molecule has 1 aliphatic rings. The van der Waals surface area contributed by atoms with Crippen molar-refractivity contribution in [2.45, 2.75) is 57.8 Å². The summed E-state index contributed by atoms with van der Waals surface area (Å²) < 4.78 is 5.50. The van der Waals surface area contributed by atoms with Gasteiger partial charge in [0.25, 0.3) is 0 Å². The van der Waals surface area contributed by atoms with E-state index in [1.165, 1.54) is 11.3 Å². The number of fused-ring (bicyclic) bond motifs is 1. The second kappa shape index (κ2) is 11.3. The van der Waals surface area contributed by atoms with Gasteiger partial charge in [0, 0.05) is 17.2 Å². The van der Waals surface area contributed by atoms with Crippen molar-refractivity contribution in [3.05, 3.63) is 87.8 Å². The van der Waals surface area contributed by atoms with Gasteiger partial charge in [0.05, 0.1) is 12.2 Å². The van der Waals surface area contributed by atoms with E-state index in [1.54, 1.807) is 11.3 Å². The zero-order chi connectivity index (χ0) is 23.0. The smallest absolute Gasteiger partial charge is 0.341 e. The van der Waals surface area contributed by atoms with E-state index in [2.05, 4.69) is 29.6 Å². The molecular formula is C28H31NO3S. The number of anilines is 1. The number of amides is 1. The van der Waals surface area contributed by atoms with Crippen LogP contribution in [0.1, 0.15) is 76.9 Å². The molecule has 1 aromatic heterocycles. The van der Waals surface area contributed by atoms with E-state index in [4.69, 9.17) is 4.74 Å². The Bertz CT molecular complexity index is 1040. The van der Waals surface area contributed by atoms with Crippen molar-refractivity contribution in [1.82, 2.24) is 0 Å². The highest BCUT2D eigenvalue weighted by Crippen LogP contribution is 2.38. The minimum atomic E-state index is -0.311. The number of thiophene rings is 1. The third kappa shape index (κ3) is 5.72. The molecule has 0 unspecified atom stereocenters. The first kappa shape index (κ1) is 23.2. The van der Waals surface area contributed by atoms with E-state index >= 15 is 0 Å². The molecule has 1 amide bonds. The molecule has 33 heavy (non-hydrogen) atoms. The van der Waals surface area contributed by atoms with Gasteiger partial charge in [-0.05, 0) is 48.8 Å². The van der Waals surface area contributed by atoms with Crippen molar-refractivity contribution in [3.63, 3.8) is 0 Å². The van der Waals surface area contributed by atoms with Crippen molar-refractivity contribution in [2.24, 2.45) is 0 Å². The fourth-order valence-corrected chi connectivity index (χ4v) is 5.77. The molecule has 0 spiro atoms. The molecule has 172 valence electrons. The van der Waals surface area contributed by atoms with Crippen molar-refractivity contribution < 1.29 is 14.3 Å². The molecule has 1 aliphatic carbocycles. The Balaban J connectivity index is 1.60. The van der Waals surface area contributed by atoms with Crippen molar-refractivity contribution in [3.8, 4) is 0 Å². The predicted molar refractivity (Wildman–Crippen MR) is 134 cm³/mol. The third-order valence-electron chi connectivity index (χ3n) is 6.11. The molecule has 5 heteroatoms. The first-order valence-corrected chi connectivity index (χ1v) is 12.7. The standard InChI is InChI=1S/C28H31NO3S/c1-2-18-32-28(31)26-22-16-10-5-11-17-24(22)33-27(26)29-25(30)19-23(20-12-6-3-7-13-20)21-14-8-4-9-15-21/h3-4,6-9,12-15,23H,2,5,10-11,16-19H2,1H3,(H,29,30). The van der Waals surface area contributed by atoms with Gasteiger partial charge in [-0.15, -0.1) is 11.3 Å². The van der Waals surface area contributed by atoms with Gasteiger partial charge in [-0.25, -0.2) is 4.79 Å². The lowest BCUT2D eigenvalue weighted by Gasteiger charge is -2.18. The van der Waals surface area contributed by atoms with Crippen LogP contribution in [0.2, 0.25) is 0 Å². The molecule has 2 aromatic carbocycles. The Morgan fingerprint density at radius 3 is 2.21 bits per heavy atom. The van der Waals surface area contributed by atoms with E-state index in [9.17, 15) is 9.59 Å². The molecule has 0 saturated heterocycles. The fraction of sp³-hybridized carbons (Fsp3) is 0.357. The fourth-order valence-electron chi connectivity index (χ4n) is 4.48. The Hall–Kier alpha value is -2.92. The normalized spacial score (nSPS) is 13.3. The molecule has 0 aliphatic heterocycles. The molecular weight excluding hydrogens is 430 g/mol. The molecule has 0 bridgehead atoms. The summed E-state index contributed by atoms with van der Waals surface area (Å²) >= 11 is 1.55. The number of ether oxygens (including phenoxy) is 1. The maximum Gasteiger partial charge on any atom is 0.341 e. The molecule has 1 heterocycles. The van der Waals surface area contributed by atoms with Gasteiger partial charge in [0.2, 0.25) is 5.91 Å². The summed E-state index contributed by atoms with van der Waals surface area (Å²) in [4.78, 5) is 27.4. The molecule has 0 fully saturated rings. The summed E-state index contributed by atoms with van der Waals surface area (Å²) in [6.07, 6.45) is 6.26. The van der Waals surface area contributed by atoms with Crippen LogP contribution in [0.15, 0.2) is 60.7 Å². The van der Waals surface area contributed by atoms with Crippen LogP contribution in [0.3, 0.4) is 0 Å². The number of nitrogens with one attached hydrogen (secondary N) is 1. The number of benzene rings is 2. The Labute approximate surface area is 200 Å². The van der Waals surface area contributed by atoms with Crippen LogP contribution in [0.25, 0.3) is 0 Å². The van der Waals surface area contributed by atoms with E-state index < -0.39 is 0 Å². The quantitative estimate of drug-likeness (QED) is 0.298. The lowest BCUT2D eigenvalue weighted by molar-refractivity contribution is -0.116. The molecule has 0 radical (unpaired) electrons. The maximum atomic E-state index is 13.3. The second-order valence-electron chi connectivity index (χ2n) is 8.53. The number of hydrogen-bond acceptors (Lipinski definition) is 4. The molecule has 0 saturated carbocycles. The minimum absolute atomic E-state index is 0.0549. The number of carbonyl (C=O) groups excluding carboxylic acids is 2. The van der Waals surface area contributed by atoms with Crippen molar-refractivity contribution in [1.29, 1.82) is 0 Å². The van der Waals surface area contributed by atoms with Crippen LogP contribution in [0, 0.1) is 0 Å². The van der Waals surface area contributed by atoms with Gasteiger partial charge in [0.1, 0.15) is 5.00 Å². The van der Waals surface area contributed by atoms with E-state index in [0.29, 0.717) is 23.6 Å². The highest BCUT2D eigenvalue weighted by molar-refractivity contribution is 7.17. The van der Waals surface area contributed by atoms with Crippen LogP contribution in [0.4, 0.5) is 5.00 Å². The number of rotatable bonds is 8. The van der Waals surface area contributed by atoms with E-state index in [0.717, 1.165) is 48.8 Å². The number of aryl methyl sites for hydroxylation is 1. The molecule has 3 aromatic rings. The van der Waals surface area contributed by atoms with Crippen LogP contribution in [-0.4, -0.2) is 18.5 Å². The zero-order valence-corrected chi connectivity index (χ0v) is 20.0. The van der Waals surface area contributed by atoms with Crippen LogP contribution in [0.5, 0.6) is 0 Å². The minimum Gasteiger partial charge on any atom is -0.462 e. The van der Waals surface area contributed by atoms with E-state index in [1.807, 2.05) is 43.3 Å². The number of carbonyl (C=O) groups is 2. The van der Waals surface area contributed by atoms with E-state index in [-0.39, 0.29) is 17.8 Å². The van der Waals surface area contributed by atoms with Gasteiger partial charge in [-0.2, -0.15) is 0 Å². The summed E-state index contributed by atoms with van der Waals surface area (Å²) in [5, 5.41) is 3.74. The van der Waals surface area contributed by atoms with Gasteiger partial charge in [-0.1, -0.05) is 74.0 Å². The highest BCUT2D eigenvalue weighted by atomic mass is 32.1. The lowest BCUT2D eigenvalue weighted by Crippen LogP contribution is -2.18. The molecule has 4 rings (SSSR count). The predicted octanol–water partition coefficient (Wildman–Crippen LogP) is 6.74. The Kier molecular flexibility index (Phi) is 7.95. The number of hydrogen-bond donors (Lipinski definition) is 1. The highest BCUT2D eigenvalue weighted by Gasteiger charge is 2.27. The summed E-state index contributed by atoms with van der Waals surface area (Å²) in [5.74, 6) is -0.455. The Morgan fingerprint density at radius 2 is 1.58 bits per heavy atom. The van der Waals surface area contributed by atoms with Gasteiger partial charge < -0.3 is 10.1 Å². The summed E-state index contributed by atoms with van der Waals surface area (Å²) in [5.41, 5.74) is 3.86. The Morgan fingerprint density at radius 1 is 0.939 bits per heavy atom. The zero-order valence-electron chi connectivity index (χ0n) is 19.1. The first-order chi connectivity index (χ1) is 16.2. The summed E-state index contributed by atoms with van der Waals surface area (Å²) in [7, 11) is 0. The van der Waals surface area contributed by atoms with Crippen LogP contribution in [-0.2, 0) is 22.4 Å². The van der Waals surface area contributed by atoms with Gasteiger partial charge in [-0.3, -0.25) is 4.79 Å². The van der Waals surface area contributed by atoms with Gasteiger partial charge in [0.15, 0.2) is 0 Å². The van der Waals surface area contributed by atoms with Crippen molar-refractivity contribution in [2.75, 3.05) is 11.9 Å². The topological polar surface area (TPSA) is 55.4 Å². The summed E-state index contributed by atoms with van der Waals surface area (Å²) in [6, 6.07) is 20.2. The molecule has 1 N–H and O–H groups in total. The first-order valence-electron chi connectivity index (χ1n) is 11.9. The SMILES string of the molecule is CCCOC(=O)c1c(NC(=O)CC(c2ccccc2)c2ccccc2)sc2c1CCCCC2. The van der Waals surface area contributed by atoms with Gasteiger partial charge >= 0.3 is 5.97 Å². The summed E-state index contributed by atoms with van der Waals surface area (Å²) in [6.45, 7) is 2.37. The molecule has 0 atom stereocenters. The molecule has 4 nitrogen and oxygen atoms in total. The average molecular weight is 462 g/mol. The monoisotopic (exact) mass is 461 g/mol. The number of esters is 1. The largest absolute Gasteiger partial charge is 0.462 e. The van der Waals surface area contributed by atoms with Crippen LogP contribution < -0.4 is 5.32 Å². The second-order valence-corrected chi connectivity index (χ2v) is 9.64.